The van der Waals surface area contributed by atoms with E-state index in [9.17, 15) is 4.79 Å². The molecule has 0 radical (unpaired) electrons. The maximum absolute atomic E-state index is 11.1. The summed E-state index contributed by atoms with van der Waals surface area (Å²) in [6, 6.07) is 10.6. The average Bonchev–Trinajstić information content (AvgIpc) is 2.41. The molecule has 1 aromatic carbocycles. The topological polar surface area (TPSA) is 59.4 Å². The molecular weight excluding hydrogens is 310 g/mol. The Balaban J connectivity index is 2.02. The Morgan fingerprint density at radius 1 is 1.32 bits per heavy atom. The molecule has 98 valence electrons. The van der Waals surface area contributed by atoms with Crippen molar-refractivity contribution in [3.05, 3.63) is 58.3 Å². The van der Waals surface area contributed by atoms with Gasteiger partial charge in [0.25, 0.3) is 0 Å². The Bertz CT molecular complexity index is 572. The third-order valence-electron chi connectivity index (χ3n) is 2.51. The number of halogens is 1. The van der Waals surface area contributed by atoms with Gasteiger partial charge in [-0.05, 0) is 30.3 Å². The van der Waals surface area contributed by atoms with Gasteiger partial charge in [-0.2, -0.15) is 0 Å². The van der Waals surface area contributed by atoms with Crippen molar-refractivity contribution in [1.82, 2.24) is 4.98 Å². The zero-order valence-electron chi connectivity index (χ0n) is 10.0. The number of rotatable bonds is 5. The molecular formula is C14H12BrNO3. The Hall–Kier alpha value is -1.88. The highest BCUT2D eigenvalue weighted by Crippen LogP contribution is 2.23. The predicted molar refractivity (Wildman–Crippen MR) is 74.5 cm³/mol. The van der Waals surface area contributed by atoms with Crippen LogP contribution in [0.5, 0.6) is 5.75 Å². The van der Waals surface area contributed by atoms with Crippen molar-refractivity contribution >= 4 is 21.9 Å². The van der Waals surface area contributed by atoms with Gasteiger partial charge in [0.05, 0.1) is 6.61 Å². The van der Waals surface area contributed by atoms with Gasteiger partial charge in [0, 0.05) is 22.8 Å². The number of nitrogens with zero attached hydrogens (tertiary/aromatic N) is 1. The summed E-state index contributed by atoms with van der Waals surface area (Å²) in [4.78, 5) is 15.3. The lowest BCUT2D eigenvalue weighted by atomic mass is 10.2. The number of aromatic nitrogens is 1. The molecule has 0 saturated heterocycles. The third kappa shape index (κ3) is 3.79. The van der Waals surface area contributed by atoms with E-state index >= 15 is 0 Å². The van der Waals surface area contributed by atoms with Crippen LogP contribution >= 0.6 is 15.9 Å². The first-order valence-electron chi connectivity index (χ1n) is 5.72. The normalized spacial score (nSPS) is 10.2. The van der Waals surface area contributed by atoms with E-state index in [2.05, 4.69) is 20.9 Å². The molecule has 5 heteroatoms. The van der Waals surface area contributed by atoms with Crippen molar-refractivity contribution in [2.45, 2.75) is 6.42 Å². The minimum atomic E-state index is -1.01. The summed E-state index contributed by atoms with van der Waals surface area (Å²) >= 11 is 3.24. The molecule has 0 fully saturated rings. The van der Waals surface area contributed by atoms with Crippen LogP contribution < -0.4 is 4.74 Å². The zero-order valence-corrected chi connectivity index (χ0v) is 11.6. The Morgan fingerprint density at radius 2 is 2.16 bits per heavy atom. The first kappa shape index (κ1) is 13.5. The first-order valence-corrected chi connectivity index (χ1v) is 6.51. The van der Waals surface area contributed by atoms with Crippen molar-refractivity contribution in [2.75, 3.05) is 6.61 Å². The van der Waals surface area contributed by atoms with Crippen LogP contribution in [0.15, 0.2) is 47.1 Å². The number of hydrogen-bond acceptors (Lipinski definition) is 3. The lowest BCUT2D eigenvalue weighted by molar-refractivity contribution is 0.0692. The fraction of sp³-hybridized carbons (Fsp3) is 0.143. The first-order chi connectivity index (χ1) is 9.16. The number of carboxylic acids is 1. The van der Waals surface area contributed by atoms with Crippen molar-refractivity contribution in [3.8, 4) is 5.75 Å². The summed E-state index contributed by atoms with van der Waals surface area (Å²) in [6.45, 7) is 0.388. The van der Waals surface area contributed by atoms with E-state index in [4.69, 9.17) is 9.84 Å². The van der Waals surface area contributed by atoms with Crippen molar-refractivity contribution in [2.24, 2.45) is 0 Å². The Morgan fingerprint density at radius 3 is 2.84 bits per heavy atom. The van der Waals surface area contributed by atoms with E-state index in [1.165, 1.54) is 6.07 Å². The molecule has 0 aliphatic heterocycles. The monoisotopic (exact) mass is 321 g/mol. The molecule has 0 saturated carbocycles. The summed E-state index contributed by atoms with van der Waals surface area (Å²) in [7, 11) is 0. The highest BCUT2D eigenvalue weighted by molar-refractivity contribution is 9.10. The van der Waals surface area contributed by atoms with Gasteiger partial charge < -0.3 is 9.84 Å². The van der Waals surface area contributed by atoms with E-state index in [1.54, 1.807) is 18.3 Å². The molecule has 0 spiro atoms. The number of ether oxygens (including phenoxy) is 1. The van der Waals surface area contributed by atoms with Crippen LogP contribution in [0.2, 0.25) is 0 Å². The standard InChI is InChI=1S/C14H12BrNO3/c15-10-4-5-13(12(9-10)14(17)18)19-8-6-11-3-1-2-7-16-11/h1-5,7,9H,6,8H2,(H,17,18). The number of hydrogen-bond donors (Lipinski definition) is 1. The minimum Gasteiger partial charge on any atom is -0.492 e. The van der Waals surface area contributed by atoms with Crippen LogP contribution in [0.4, 0.5) is 0 Å². The Kier molecular flexibility index (Phi) is 4.52. The summed E-state index contributed by atoms with van der Waals surface area (Å²) in [6.07, 6.45) is 2.35. The fourth-order valence-electron chi connectivity index (χ4n) is 1.61. The molecule has 0 amide bonds. The van der Waals surface area contributed by atoms with E-state index < -0.39 is 5.97 Å². The number of benzene rings is 1. The van der Waals surface area contributed by atoms with Crippen molar-refractivity contribution < 1.29 is 14.6 Å². The quantitative estimate of drug-likeness (QED) is 0.918. The van der Waals surface area contributed by atoms with E-state index in [1.807, 2.05) is 18.2 Å². The van der Waals surface area contributed by atoms with E-state index in [-0.39, 0.29) is 5.56 Å². The average molecular weight is 322 g/mol. The van der Waals surface area contributed by atoms with Crippen LogP contribution in [0.3, 0.4) is 0 Å². The smallest absolute Gasteiger partial charge is 0.339 e. The van der Waals surface area contributed by atoms with Crippen LogP contribution in [0, 0.1) is 0 Å². The molecule has 1 N–H and O–H groups in total. The third-order valence-corrected chi connectivity index (χ3v) is 3.01. The molecule has 2 aromatic rings. The molecule has 0 bridgehead atoms. The largest absolute Gasteiger partial charge is 0.492 e. The van der Waals surface area contributed by atoms with Gasteiger partial charge in [-0.1, -0.05) is 22.0 Å². The molecule has 19 heavy (non-hydrogen) atoms. The summed E-state index contributed by atoms with van der Waals surface area (Å²) in [5.74, 6) is -0.638. The maximum Gasteiger partial charge on any atom is 0.339 e. The second kappa shape index (κ2) is 6.33. The highest BCUT2D eigenvalue weighted by Gasteiger charge is 2.11. The lowest BCUT2D eigenvalue weighted by Gasteiger charge is -2.09. The van der Waals surface area contributed by atoms with Crippen LogP contribution in [0.25, 0.3) is 0 Å². The molecule has 4 nitrogen and oxygen atoms in total. The molecule has 1 aromatic heterocycles. The fourth-order valence-corrected chi connectivity index (χ4v) is 1.97. The van der Waals surface area contributed by atoms with Crippen molar-refractivity contribution in [1.29, 1.82) is 0 Å². The molecule has 0 aliphatic rings. The zero-order chi connectivity index (χ0) is 13.7. The molecule has 2 rings (SSSR count). The Labute approximate surface area is 119 Å². The number of pyridine rings is 1. The molecule has 0 aliphatic carbocycles. The van der Waals surface area contributed by atoms with E-state index in [0.29, 0.717) is 23.2 Å². The second-order valence-corrected chi connectivity index (χ2v) is 4.78. The predicted octanol–water partition coefficient (Wildman–Crippen LogP) is 3.16. The van der Waals surface area contributed by atoms with Crippen molar-refractivity contribution in [3.63, 3.8) is 0 Å². The summed E-state index contributed by atoms with van der Waals surface area (Å²) < 4.78 is 6.23. The van der Waals surface area contributed by atoms with Gasteiger partial charge in [0.1, 0.15) is 11.3 Å². The van der Waals surface area contributed by atoms with Gasteiger partial charge in [0.15, 0.2) is 0 Å². The number of carbonyl (C=O) groups is 1. The van der Waals surface area contributed by atoms with Crippen LogP contribution in [0.1, 0.15) is 16.1 Å². The van der Waals surface area contributed by atoms with Gasteiger partial charge in [-0.25, -0.2) is 4.79 Å². The van der Waals surface area contributed by atoms with Crippen LogP contribution in [-0.2, 0) is 6.42 Å². The van der Waals surface area contributed by atoms with Gasteiger partial charge >= 0.3 is 5.97 Å². The second-order valence-electron chi connectivity index (χ2n) is 3.87. The SMILES string of the molecule is O=C(O)c1cc(Br)ccc1OCCc1ccccn1. The van der Waals surface area contributed by atoms with E-state index in [0.717, 1.165) is 5.69 Å². The van der Waals surface area contributed by atoms with Gasteiger partial charge in [0.2, 0.25) is 0 Å². The van der Waals surface area contributed by atoms with Gasteiger partial charge in [-0.15, -0.1) is 0 Å². The van der Waals surface area contributed by atoms with Crippen LogP contribution in [-0.4, -0.2) is 22.7 Å². The maximum atomic E-state index is 11.1. The highest BCUT2D eigenvalue weighted by atomic mass is 79.9. The lowest BCUT2D eigenvalue weighted by Crippen LogP contribution is -2.07. The molecule has 1 heterocycles. The van der Waals surface area contributed by atoms with Gasteiger partial charge in [-0.3, -0.25) is 4.98 Å². The molecule has 0 unspecified atom stereocenters. The minimum absolute atomic E-state index is 0.149. The summed E-state index contributed by atoms with van der Waals surface area (Å²) in [5, 5.41) is 9.09. The number of aromatic carboxylic acids is 1. The molecule has 0 atom stereocenters. The summed E-state index contributed by atoms with van der Waals surface area (Å²) in [5.41, 5.74) is 1.06. The number of carboxylic acid groups (broad SMARTS) is 1.